The lowest BCUT2D eigenvalue weighted by Gasteiger charge is -2.40. The van der Waals surface area contributed by atoms with E-state index in [0.29, 0.717) is 0 Å². The average Bonchev–Trinajstić information content (AvgIpc) is 2.29. The van der Waals surface area contributed by atoms with Crippen LogP contribution < -0.4 is 0 Å². The highest BCUT2D eigenvalue weighted by Crippen LogP contribution is 2.32. The van der Waals surface area contributed by atoms with Crippen molar-refractivity contribution in [3.05, 3.63) is 12.7 Å². The summed E-state index contributed by atoms with van der Waals surface area (Å²) in [5.74, 6) is -3.13. The molecule has 0 aromatic carbocycles. The first-order chi connectivity index (χ1) is 7.04. The quantitative estimate of drug-likeness (QED) is 0.719. The number of alkyl halides is 2. The molecule has 0 aliphatic carbocycles. The molecule has 0 unspecified atom stereocenters. The molecule has 0 aromatic rings. The van der Waals surface area contributed by atoms with Crippen LogP contribution in [-0.2, 0) is 14.3 Å². The van der Waals surface area contributed by atoms with E-state index in [2.05, 4.69) is 6.58 Å². The van der Waals surface area contributed by atoms with Crippen LogP contribution in [0.25, 0.3) is 0 Å². The van der Waals surface area contributed by atoms with E-state index in [0.717, 1.165) is 6.08 Å². The summed E-state index contributed by atoms with van der Waals surface area (Å²) in [4.78, 5) is 10.9. The highest BCUT2D eigenvalue weighted by molar-refractivity contribution is 5.77. The highest BCUT2D eigenvalue weighted by Gasteiger charge is 2.48. The van der Waals surface area contributed by atoms with Crippen LogP contribution in [0.5, 0.6) is 0 Å². The van der Waals surface area contributed by atoms with E-state index < -0.39 is 30.5 Å². The Labute approximate surface area is 85.5 Å². The van der Waals surface area contributed by atoms with Crippen molar-refractivity contribution in [2.24, 2.45) is 5.41 Å². The molecule has 86 valence electrons. The van der Waals surface area contributed by atoms with Gasteiger partial charge in [-0.1, -0.05) is 6.08 Å². The van der Waals surface area contributed by atoms with Gasteiger partial charge in [-0.2, -0.15) is 0 Å². The molecule has 1 heterocycles. The zero-order valence-electron chi connectivity index (χ0n) is 8.04. The van der Waals surface area contributed by atoms with Gasteiger partial charge in [-0.15, -0.1) is 6.58 Å². The van der Waals surface area contributed by atoms with E-state index in [1.165, 1.54) is 0 Å². The normalized spacial score (nSPS) is 23.3. The van der Waals surface area contributed by atoms with E-state index in [-0.39, 0.29) is 13.2 Å². The van der Waals surface area contributed by atoms with E-state index in [1.54, 1.807) is 0 Å². The Kier molecular flexibility index (Phi) is 3.41. The Balaban J connectivity index is 2.76. The molecular weight excluding hydrogens is 210 g/mol. The van der Waals surface area contributed by atoms with Gasteiger partial charge in [0.25, 0.3) is 0 Å². The Morgan fingerprint density at radius 3 is 2.13 bits per heavy atom. The maximum Gasteiger partial charge on any atom is 0.318 e. The molecule has 0 atom stereocenters. The second-order valence-corrected chi connectivity index (χ2v) is 3.42. The Morgan fingerprint density at radius 2 is 1.87 bits per heavy atom. The zero-order valence-corrected chi connectivity index (χ0v) is 8.04. The molecule has 0 aromatic heterocycles. The molecule has 1 N–H and O–H groups in total. The van der Waals surface area contributed by atoms with Gasteiger partial charge in [-0.3, -0.25) is 4.79 Å². The number of hydrogen-bond donors (Lipinski definition) is 1. The van der Waals surface area contributed by atoms with Crippen LogP contribution in [0.4, 0.5) is 8.78 Å². The van der Waals surface area contributed by atoms with Crippen LogP contribution in [0.2, 0.25) is 0 Å². The maximum atomic E-state index is 12.4. The molecule has 1 aliphatic heterocycles. The largest absolute Gasteiger partial charge is 0.480 e. The average molecular weight is 222 g/mol. The van der Waals surface area contributed by atoms with E-state index in [4.69, 9.17) is 14.6 Å². The monoisotopic (exact) mass is 222 g/mol. The summed E-state index contributed by atoms with van der Waals surface area (Å²) in [7, 11) is 0. The predicted octanol–water partition coefficient (Wildman–Crippen LogP) is 0.925. The van der Waals surface area contributed by atoms with Crippen LogP contribution in [0.1, 0.15) is 0 Å². The first-order valence-corrected chi connectivity index (χ1v) is 4.31. The summed E-state index contributed by atoms with van der Waals surface area (Å²) >= 11 is 0. The molecule has 0 saturated carbocycles. The van der Waals surface area contributed by atoms with E-state index in [1.807, 2.05) is 0 Å². The minimum atomic E-state index is -1.94. The van der Waals surface area contributed by atoms with Gasteiger partial charge in [-0.25, -0.2) is 8.78 Å². The van der Waals surface area contributed by atoms with Crippen LogP contribution in [0, 0.1) is 5.41 Å². The molecule has 1 aliphatic rings. The molecule has 0 amide bonds. The van der Waals surface area contributed by atoms with Crippen molar-refractivity contribution in [3.63, 3.8) is 0 Å². The second kappa shape index (κ2) is 4.24. The van der Waals surface area contributed by atoms with Gasteiger partial charge in [-0.05, 0) is 0 Å². The van der Waals surface area contributed by atoms with Crippen molar-refractivity contribution >= 4 is 5.97 Å². The van der Waals surface area contributed by atoms with Crippen molar-refractivity contribution < 1.29 is 28.2 Å². The molecule has 1 fully saturated rings. The Hall–Kier alpha value is -1.01. The molecule has 0 spiro atoms. The lowest BCUT2D eigenvalue weighted by molar-refractivity contribution is -0.303. The summed E-state index contributed by atoms with van der Waals surface area (Å²) < 4.78 is 34.5. The van der Waals surface area contributed by atoms with Gasteiger partial charge in [0.1, 0.15) is 18.8 Å². The smallest absolute Gasteiger partial charge is 0.318 e. The molecule has 0 bridgehead atoms. The van der Waals surface area contributed by atoms with Gasteiger partial charge in [0, 0.05) is 0 Å². The van der Waals surface area contributed by atoms with Crippen LogP contribution >= 0.6 is 0 Å². The summed E-state index contributed by atoms with van der Waals surface area (Å²) in [5.41, 5.74) is -1.42. The SMILES string of the molecule is C=CC1(C(=O)O)COC(CF)(CF)OC1. The lowest BCUT2D eigenvalue weighted by atomic mass is 9.89. The fourth-order valence-electron chi connectivity index (χ4n) is 1.12. The number of carbonyl (C=O) groups is 1. The zero-order chi connectivity index (χ0) is 11.5. The van der Waals surface area contributed by atoms with Crippen molar-refractivity contribution in [2.45, 2.75) is 5.79 Å². The van der Waals surface area contributed by atoms with Gasteiger partial charge in [0.05, 0.1) is 13.2 Å². The second-order valence-electron chi connectivity index (χ2n) is 3.42. The van der Waals surface area contributed by atoms with Crippen LogP contribution in [-0.4, -0.2) is 43.4 Å². The van der Waals surface area contributed by atoms with E-state index >= 15 is 0 Å². The molecule has 15 heavy (non-hydrogen) atoms. The number of hydrogen-bond acceptors (Lipinski definition) is 3. The Morgan fingerprint density at radius 1 is 1.40 bits per heavy atom. The van der Waals surface area contributed by atoms with Crippen molar-refractivity contribution in [2.75, 3.05) is 26.6 Å². The van der Waals surface area contributed by atoms with E-state index in [9.17, 15) is 13.6 Å². The van der Waals surface area contributed by atoms with Crippen molar-refractivity contribution in [3.8, 4) is 0 Å². The predicted molar refractivity (Wildman–Crippen MR) is 46.9 cm³/mol. The number of rotatable bonds is 4. The minimum Gasteiger partial charge on any atom is -0.480 e. The topological polar surface area (TPSA) is 55.8 Å². The summed E-state index contributed by atoms with van der Waals surface area (Å²) in [5, 5.41) is 8.89. The first kappa shape index (κ1) is 12.1. The third-order valence-corrected chi connectivity index (χ3v) is 2.41. The van der Waals surface area contributed by atoms with Crippen LogP contribution in [0.15, 0.2) is 12.7 Å². The third-order valence-electron chi connectivity index (χ3n) is 2.41. The number of halogens is 2. The third kappa shape index (κ3) is 2.00. The fourth-order valence-corrected chi connectivity index (χ4v) is 1.12. The number of aliphatic carboxylic acids is 1. The van der Waals surface area contributed by atoms with Gasteiger partial charge in [0.15, 0.2) is 0 Å². The van der Waals surface area contributed by atoms with Crippen molar-refractivity contribution in [1.29, 1.82) is 0 Å². The van der Waals surface area contributed by atoms with Crippen molar-refractivity contribution in [1.82, 2.24) is 0 Å². The van der Waals surface area contributed by atoms with Gasteiger partial charge in [0.2, 0.25) is 5.79 Å². The fraction of sp³-hybridized carbons (Fsp3) is 0.667. The van der Waals surface area contributed by atoms with Crippen LogP contribution in [0.3, 0.4) is 0 Å². The molecule has 0 radical (unpaired) electrons. The highest BCUT2D eigenvalue weighted by atomic mass is 19.1. The number of ether oxygens (including phenoxy) is 2. The number of carboxylic acids is 1. The van der Waals surface area contributed by atoms with Gasteiger partial charge >= 0.3 is 5.97 Å². The molecule has 1 rings (SSSR count). The summed E-state index contributed by atoms with van der Waals surface area (Å²) in [6.45, 7) is 0.341. The van der Waals surface area contributed by atoms with Gasteiger partial charge < -0.3 is 14.6 Å². The lowest BCUT2D eigenvalue weighted by Crippen LogP contribution is -2.54. The number of carboxylic acid groups (broad SMARTS) is 1. The standard InChI is InChI=1S/C9H12F2O4/c1-2-8(7(12)13)5-14-9(3-10,4-11)15-6-8/h2H,1,3-6H2,(H,12,13). The summed E-state index contributed by atoms with van der Waals surface area (Å²) in [6, 6.07) is 0. The first-order valence-electron chi connectivity index (χ1n) is 4.31. The summed E-state index contributed by atoms with van der Waals surface area (Å²) in [6.07, 6.45) is 1.15. The molecule has 1 saturated heterocycles. The molecule has 4 nitrogen and oxygen atoms in total. The molecule has 6 heteroatoms. The Bertz CT molecular complexity index is 253. The molecular formula is C9H12F2O4. The minimum absolute atomic E-state index is 0.348. The maximum absolute atomic E-state index is 12.4.